The molecule has 0 atom stereocenters. The van der Waals surface area contributed by atoms with Crippen LogP contribution in [-0.4, -0.2) is 21.6 Å². The van der Waals surface area contributed by atoms with Crippen molar-refractivity contribution < 1.29 is 4.42 Å². The number of hydrogen-bond donors (Lipinski definition) is 0. The van der Waals surface area contributed by atoms with E-state index in [-0.39, 0.29) is 0 Å². The highest BCUT2D eigenvalue weighted by Crippen LogP contribution is 2.40. The zero-order valence-electron chi connectivity index (χ0n) is 17.0. The molecule has 6 nitrogen and oxygen atoms in total. The van der Waals surface area contributed by atoms with Crippen molar-refractivity contribution in [3.63, 3.8) is 0 Å². The van der Waals surface area contributed by atoms with E-state index >= 15 is 0 Å². The molecule has 0 fully saturated rings. The first-order valence-electron chi connectivity index (χ1n) is 9.89. The summed E-state index contributed by atoms with van der Waals surface area (Å²) in [7, 11) is 2.01. The van der Waals surface area contributed by atoms with Gasteiger partial charge in [-0.2, -0.15) is 14.9 Å². The molecule has 5 rings (SSSR count). The third-order valence-corrected chi connectivity index (χ3v) is 6.18. The van der Waals surface area contributed by atoms with Gasteiger partial charge < -0.3 is 9.32 Å². The summed E-state index contributed by atoms with van der Waals surface area (Å²) in [6.45, 7) is 2.09. The summed E-state index contributed by atoms with van der Waals surface area (Å²) in [6, 6.07) is 19.7. The number of rotatable bonds is 4. The van der Waals surface area contributed by atoms with E-state index < -0.39 is 0 Å². The monoisotopic (exact) mass is 471 g/mol. The largest absolute Gasteiger partial charge is 0.455 e. The first-order valence-corrected chi connectivity index (χ1v) is 10.7. The van der Waals surface area contributed by atoms with Gasteiger partial charge in [0.2, 0.25) is 0 Å². The maximum Gasteiger partial charge on any atom is 0.157 e. The Hall–Kier alpha value is -3.63. The van der Waals surface area contributed by atoms with Crippen molar-refractivity contribution in [1.29, 1.82) is 5.26 Å². The zero-order valence-corrected chi connectivity index (χ0v) is 18.6. The summed E-state index contributed by atoms with van der Waals surface area (Å²) in [5.74, 6) is 1.58. The normalized spacial score (nSPS) is 11.2. The van der Waals surface area contributed by atoms with Crippen LogP contribution in [0, 0.1) is 11.3 Å². The third-order valence-electron chi connectivity index (χ3n) is 5.39. The molecule has 31 heavy (non-hydrogen) atoms. The molecule has 152 valence electrons. The highest BCUT2D eigenvalue weighted by atomic mass is 79.9. The predicted molar refractivity (Wildman–Crippen MR) is 124 cm³/mol. The van der Waals surface area contributed by atoms with Crippen molar-refractivity contribution in [2.75, 3.05) is 11.9 Å². The fourth-order valence-electron chi connectivity index (χ4n) is 3.72. The minimum atomic E-state index is 0.574. The molecule has 3 aromatic heterocycles. The molecule has 0 amide bonds. The number of benzene rings is 2. The molecular formula is C24H18BrN5O. The van der Waals surface area contributed by atoms with E-state index in [4.69, 9.17) is 4.42 Å². The summed E-state index contributed by atoms with van der Waals surface area (Å²) >= 11 is 3.70. The van der Waals surface area contributed by atoms with Gasteiger partial charge in [0, 0.05) is 41.5 Å². The molecule has 0 aliphatic rings. The Labute approximate surface area is 187 Å². The molecule has 0 radical (unpaired) electrons. The smallest absolute Gasteiger partial charge is 0.157 e. The second kappa shape index (κ2) is 7.56. The Morgan fingerprint density at radius 1 is 1.16 bits per heavy atom. The lowest BCUT2D eigenvalue weighted by molar-refractivity contribution is 0.629. The van der Waals surface area contributed by atoms with Gasteiger partial charge in [-0.25, -0.2) is 4.98 Å². The molecule has 0 unspecified atom stereocenters. The molecule has 0 N–H and O–H groups in total. The van der Waals surface area contributed by atoms with Crippen LogP contribution in [0.5, 0.6) is 0 Å². The van der Waals surface area contributed by atoms with Crippen molar-refractivity contribution in [2.45, 2.75) is 13.3 Å². The summed E-state index contributed by atoms with van der Waals surface area (Å²) in [4.78, 5) is 6.72. The van der Waals surface area contributed by atoms with Gasteiger partial charge in [0.05, 0.1) is 22.3 Å². The van der Waals surface area contributed by atoms with Crippen molar-refractivity contribution in [3.05, 3.63) is 76.5 Å². The Morgan fingerprint density at radius 3 is 2.81 bits per heavy atom. The van der Waals surface area contributed by atoms with Gasteiger partial charge in [-0.3, -0.25) is 0 Å². The molecule has 0 spiro atoms. The van der Waals surface area contributed by atoms with E-state index in [9.17, 15) is 5.26 Å². The molecule has 5 aromatic rings. The summed E-state index contributed by atoms with van der Waals surface area (Å²) in [5.41, 5.74) is 4.91. The van der Waals surface area contributed by atoms with E-state index in [1.165, 1.54) is 0 Å². The van der Waals surface area contributed by atoms with Crippen LogP contribution >= 0.6 is 15.9 Å². The molecule has 0 aliphatic carbocycles. The third kappa shape index (κ3) is 3.16. The minimum absolute atomic E-state index is 0.574. The van der Waals surface area contributed by atoms with Crippen LogP contribution in [0.2, 0.25) is 0 Å². The maximum absolute atomic E-state index is 9.47. The van der Waals surface area contributed by atoms with Gasteiger partial charge in [0.25, 0.3) is 0 Å². The number of aromatic nitrogens is 3. The van der Waals surface area contributed by atoms with Crippen molar-refractivity contribution in [1.82, 2.24) is 14.6 Å². The molecule has 3 heterocycles. The molecule has 2 aromatic carbocycles. The van der Waals surface area contributed by atoms with Crippen LogP contribution in [0.4, 0.5) is 11.5 Å². The van der Waals surface area contributed by atoms with E-state index in [1.807, 2.05) is 48.0 Å². The quantitative estimate of drug-likeness (QED) is 0.316. The van der Waals surface area contributed by atoms with Crippen LogP contribution < -0.4 is 4.90 Å². The molecule has 0 saturated heterocycles. The summed E-state index contributed by atoms with van der Waals surface area (Å²) in [5, 5.41) is 14.8. The zero-order chi connectivity index (χ0) is 21.5. The lowest BCUT2D eigenvalue weighted by Crippen LogP contribution is -2.15. The molecule has 0 saturated carbocycles. The minimum Gasteiger partial charge on any atom is -0.455 e. The number of nitriles is 1. The van der Waals surface area contributed by atoms with Crippen LogP contribution in [0.3, 0.4) is 0 Å². The van der Waals surface area contributed by atoms with E-state index in [0.29, 0.717) is 11.3 Å². The molecular weight excluding hydrogens is 454 g/mol. The number of halogens is 1. The van der Waals surface area contributed by atoms with Gasteiger partial charge in [0.1, 0.15) is 11.4 Å². The van der Waals surface area contributed by atoms with Gasteiger partial charge in [-0.1, -0.05) is 19.1 Å². The molecule has 0 aliphatic heterocycles. The lowest BCUT2D eigenvalue weighted by Gasteiger charge is -2.21. The number of fused-ring (bicyclic) bond motifs is 2. The Morgan fingerprint density at radius 2 is 2.00 bits per heavy atom. The topological polar surface area (TPSA) is 70.4 Å². The number of nitrogens with zero attached hydrogens (tertiary/aromatic N) is 5. The maximum atomic E-state index is 9.47. The van der Waals surface area contributed by atoms with E-state index in [1.54, 1.807) is 12.3 Å². The van der Waals surface area contributed by atoms with Crippen LogP contribution in [-0.2, 0) is 6.42 Å². The van der Waals surface area contributed by atoms with Gasteiger partial charge in [-0.05, 0) is 52.7 Å². The van der Waals surface area contributed by atoms with Crippen LogP contribution in [0.15, 0.2) is 69.7 Å². The number of hydrogen-bond acceptors (Lipinski definition) is 5. The Bertz CT molecular complexity index is 1480. The fourth-order valence-corrected chi connectivity index (χ4v) is 4.32. The first-order chi connectivity index (χ1) is 15.1. The Kier molecular flexibility index (Phi) is 4.72. The summed E-state index contributed by atoms with van der Waals surface area (Å²) < 4.78 is 8.78. The number of anilines is 2. The average molecular weight is 472 g/mol. The first kappa shape index (κ1) is 19.3. The number of aryl methyl sites for hydroxylation is 1. The molecule has 7 heteroatoms. The lowest BCUT2D eigenvalue weighted by atomic mass is 10.1. The van der Waals surface area contributed by atoms with Crippen molar-refractivity contribution in [2.24, 2.45) is 0 Å². The predicted octanol–water partition coefficient (Wildman–Crippen LogP) is 6.11. The highest BCUT2D eigenvalue weighted by Gasteiger charge is 2.19. The van der Waals surface area contributed by atoms with Gasteiger partial charge in [-0.15, -0.1) is 0 Å². The number of furan rings is 1. The van der Waals surface area contributed by atoms with Crippen molar-refractivity contribution >= 4 is 44.1 Å². The standard InChI is InChI=1S/C24H18BrN5O/c1-3-16-12-22(30-21(28-16)10-11-27-30)29(2)17-8-9-20-19(13-17)23(25)24(31-20)18-7-5-4-6-15(18)14-26/h4-13H,3H2,1-2H3. The van der Waals surface area contributed by atoms with Crippen LogP contribution in [0.25, 0.3) is 27.9 Å². The van der Waals surface area contributed by atoms with Gasteiger partial charge in [0.15, 0.2) is 11.4 Å². The van der Waals surface area contributed by atoms with Crippen LogP contribution in [0.1, 0.15) is 18.2 Å². The second-order valence-electron chi connectivity index (χ2n) is 7.20. The highest BCUT2D eigenvalue weighted by molar-refractivity contribution is 9.10. The summed E-state index contributed by atoms with van der Waals surface area (Å²) in [6.07, 6.45) is 2.60. The van der Waals surface area contributed by atoms with E-state index in [2.05, 4.69) is 56.0 Å². The SMILES string of the molecule is CCc1cc(N(C)c2ccc3oc(-c4ccccc4C#N)c(Br)c3c2)n2nccc2n1. The van der Waals surface area contributed by atoms with Gasteiger partial charge >= 0.3 is 0 Å². The second-order valence-corrected chi connectivity index (χ2v) is 8.00. The average Bonchev–Trinajstić information content (AvgIpc) is 3.42. The fraction of sp³-hybridized carbons (Fsp3) is 0.125. The Balaban J connectivity index is 1.64. The van der Waals surface area contributed by atoms with E-state index in [0.717, 1.165) is 50.3 Å². The molecule has 0 bridgehead atoms. The van der Waals surface area contributed by atoms with Crippen molar-refractivity contribution in [3.8, 4) is 17.4 Å².